The zero-order valence-electron chi connectivity index (χ0n) is 51.3. The molecule has 3 aromatic carbocycles. The summed E-state index contributed by atoms with van der Waals surface area (Å²) in [7, 11) is 0. The Morgan fingerprint density at radius 1 is 0.569 bits per heavy atom. The predicted octanol–water partition coefficient (Wildman–Crippen LogP) is 3.69. The van der Waals surface area contributed by atoms with E-state index in [1.165, 1.54) is 18.2 Å². The van der Waals surface area contributed by atoms with Crippen LogP contribution >= 0.6 is 0 Å². The molecule has 15 heteroatoms. The fourth-order valence-corrected chi connectivity index (χ4v) is 5.91. The minimum Gasteiger partial charge on any atom is -0.398 e. The van der Waals surface area contributed by atoms with E-state index in [1.54, 1.807) is 0 Å². The number of hydrogen-bond acceptors (Lipinski definition) is 9. The van der Waals surface area contributed by atoms with E-state index >= 15 is 0 Å². The number of nitrogens with zero attached hydrogens (tertiary/aromatic N) is 3. The first kappa shape index (κ1) is 21.0. The van der Waals surface area contributed by atoms with Crippen LogP contribution in [0.4, 0.5) is 17.1 Å². The number of fused-ring (bicyclic) bond motifs is 3. The summed E-state index contributed by atoms with van der Waals surface area (Å²) in [4.78, 5) is 77.1. The quantitative estimate of drug-likeness (QED) is 0.212. The van der Waals surface area contributed by atoms with Crippen LogP contribution in [0.3, 0.4) is 0 Å². The van der Waals surface area contributed by atoms with Crippen LogP contribution in [0.2, 0.25) is 0 Å². The molecule has 6 amide bonds. The van der Waals surface area contributed by atoms with E-state index < -0.39 is 175 Å². The van der Waals surface area contributed by atoms with Crippen LogP contribution in [-0.2, 0) is 33.9 Å². The Kier molecular flexibility index (Phi) is 5.91. The molecule has 0 spiro atoms. The van der Waals surface area contributed by atoms with Crippen LogP contribution in [0.5, 0.6) is 0 Å². The van der Waals surface area contributed by atoms with Gasteiger partial charge in [0.05, 0.1) is 13.7 Å². The first-order chi connectivity index (χ1) is 35.8. The average Bonchev–Trinajstić information content (AvgIpc) is 3.84. The molecule has 0 aliphatic carbocycles. The lowest BCUT2D eigenvalue weighted by Gasteiger charge is -2.30. The SMILES string of the molecule is C.[2H]C1([2H])c2c(N)cccc2C(=O)N1C1C(=O)NC(=C)C([2H])([2H])C1([2H])[2H].[2H]c1c([2H])c(N)c2c(c1[2H])C(=O)N(C1C(=O)NC(=C)C([2H])([2H])C1([2H])[2H])C2.[2H]c1c([2H])c(N)c2c(c1[2H])C(=O)N(C1C(=O)NC(=C)C([2H])([2H])C1([2H])[2H])C2([2H])[2H]. The van der Waals surface area contributed by atoms with E-state index in [2.05, 4.69) is 30.4 Å². The summed E-state index contributed by atoms with van der Waals surface area (Å²) in [5.41, 5.74) is 13.3. The van der Waals surface area contributed by atoms with Gasteiger partial charge in [-0.25, -0.2) is 0 Å². The highest BCUT2D eigenvalue weighted by Gasteiger charge is 2.41. The van der Waals surface area contributed by atoms with Crippen molar-refractivity contribution < 1.29 is 58.9 Å². The number of carbonyl (C=O) groups excluding carboxylic acids is 6. The van der Waals surface area contributed by atoms with Crippen molar-refractivity contribution in [1.82, 2.24) is 30.7 Å². The van der Waals surface area contributed by atoms with Crippen molar-refractivity contribution in [2.24, 2.45) is 0 Å². The lowest BCUT2D eigenvalue weighted by molar-refractivity contribution is -0.127. The van der Waals surface area contributed by atoms with E-state index in [0.29, 0.717) is 4.90 Å². The van der Waals surface area contributed by atoms with Crippen molar-refractivity contribution in [3.8, 4) is 0 Å². The number of amides is 6. The Hall–Kier alpha value is -6.90. The standard InChI is InChI=1S/3C14H15N3O2.CH4/c3*1-8-5-6-12(13(18)16-8)17-7-10-9(14(17)19)3-2-4-11(10)15;/h3*2-4,12H,1,5-7,15H2,(H,16,18);1H4/i2D,3D,4D,5D2,6D2,7D2;2D,3D,4D,5D2,6D2;5D2,6D2,7D2;. The van der Waals surface area contributed by atoms with Gasteiger partial charge in [-0.15, -0.1) is 0 Å². The van der Waals surface area contributed by atoms with Gasteiger partial charge in [-0.05, 0) is 74.5 Å². The van der Waals surface area contributed by atoms with Gasteiger partial charge < -0.3 is 47.9 Å². The van der Waals surface area contributed by atoms with Gasteiger partial charge in [0, 0.05) is 104 Å². The Labute approximate surface area is 367 Å². The number of allylic oxidation sites excluding steroid dienone is 3. The summed E-state index contributed by atoms with van der Waals surface area (Å²) in [6, 6.07) is -5.64. The lowest BCUT2D eigenvalue weighted by atomic mass is 10.0. The maximum Gasteiger partial charge on any atom is 0.255 e. The number of anilines is 3. The summed E-state index contributed by atoms with van der Waals surface area (Å²) < 4.78 is 176. The van der Waals surface area contributed by atoms with Crippen molar-refractivity contribution in [3.63, 3.8) is 0 Å². The molecule has 6 aliphatic rings. The Morgan fingerprint density at radius 3 is 1.45 bits per heavy atom. The molecule has 302 valence electrons. The Balaban J connectivity index is 0.000000193. The number of rotatable bonds is 3. The van der Waals surface area contributed by atoms with Crippen LogP contribution in [-0.4, -0.2) is 68.3 Å². The van der Waals surface area contributed by atoms with E-state index in [9.17, 15) is 28.8 Å². The second kappa shape index (κ2) is 16.3. The third kappa shape index (κ3) is 7.62. The maximum atomic E-state index is 12.9. The number of nitrogens with two attached hydrogens (primary N) is 3. The van der Waals surface area contributed by atoms with Crippen LogP contribution in [0, 0.1) is 0 Å². The molecule has 3 atom stereocenters. The smallest absolute Gasteiger partial charge is 0.255 e. The van der Waals surface area contributed by atoms with Gasteiger partial charge in [0.15, 0.2) is 0 Å². The Morgan fingerprint density at radius 2 is 0.966 bits per heavy atom. The van der Waals surface area contributed by atoms with Crippen LogP contribution in [0.1, 0.15) is 124 Å². The van der Waals surface area contributed by atoms with E-state index in [4.69, 9.17) is 47.4 Å². The first-order valence-corrected chi connectivity index (χ1v) is 16.4. The molecule has 6 aliphatic heterocycles. The molecular formula is C43H49N9O6. The van der Waals surface area contributed by atoms with Crippen molar-refractivity contribution in [2.45, 2.75) is 83.3 Å². The van der Waals surface area contributed by atoms with Crippen LogP contribution in [0.15, 0.2) is 91.3 Å². The maximum absolute atomic E-state index is 12.9. The highest BCUT2D eigenvalue weighted by Crippen LogP contribution is 2.34. The number of benzene rings is 3. The van der Waals surface area contributed by atoms with E-state index in [-0.39, 0.29) is 52.5 Å². The second-order valence-corrected chi connectivity index (χ2v) is 12.4. The fourth-order valence-electron chi connectivity index (χ4n) is 5.91. The lowest BCUT2D eigenvalue weighted by Crippen LogP contribution is -2.49. The fraction of sp³-hybridized carbons (Fsp3) is 0.302. The van der Waals surface area contributed by atoms with Crippen molar-refractivity contribution in [1.29, 1.82) is 0 Å². The number of carbonyl (C=O) groups is 6. The molecule has 0 aromatic heterocycles. The number of piperidine rings is 3. The third-order valence-corrected chi connectivity index (χ3v) is 8.64. The molecule has 3 aromatic rings. The number of hydrogen-bond donors (Lipinski definition) is 6. The third-order valence-electron chi connectivity index (χ3n) is 8.64. The summed E-state index contributed by atoms with van der Waals surface area (Å²) in [6.07, 6.45) is -17.0. The molecule has 6 heterocycles. The molecular weight excluding hydrogens is 739 g/mol. The molecule has 9 N–H and O–H groups in total. The summed E-state index contributed by atoms with van der Waals surface area (Å²) in [6.45, 7) is 4.05. The van der Waals surface area contributed by atoms with Crippen molar-refractivity contribution in [3.05, 3.63) is 125 Å². The molecule has 15 nitrogen and oxygen atoms in total. The highest BCUT2D eigenvalue weighted by atomic mass is 16.2. The van der Waals surface area contributed by atoms with Gasteiger partial charge in [0.1, 0.15) is 18.1 Å². The minimum absolute atomic E-state index is 0. The summed E-state index contributed by atoms with van der Waals surface area (Å²) in [5, 5.41) is 6.30. The minimum atomic E-state index is -3.08. The molecule has 0 saturated carbocycles. The Bertz CT molecular complexity index is 3350. The van der Waals surface area contributed by atoms with Gasteiger partial charge in [0.2, 0.25) is 17.7 Å². The molecule has 3 fully saturated rings. The number of nitrogens with one attached hydrogen (secondary N) is 3. The topological polar surface area (TPSA) is 226 Å². The predicted molar refractivity (Wildman–Crippen MR) is 220 cm³/mol. The van der Waals surface area contributed by atoms with Gasteiger partial charge in [-0.3, -0.25) is 28.8 Å². The normalized spacial score (nSPS) is 34.5. The van der Waals surface area contributed by atoms with E-state index in [0.717, 1.165) is 4.90 Å². The summed E-state index contributed by atoms with van der Waals surface area (Å²) in [5.74, 6) is -6.32. The molecule has 3 saturated heterocycles. The van der Waals surface area contributed by atoms with Crippen molar-refractivity contribution >= 4 is 52.5 Å². The zero-order valence-corrected chi connectivity index (χ0v) is 29.3. The largest absolute Gasteiger partial charge is 0.398 e. The molecule has 0 radical (unpaired) electrons. The molecule has 3 unspecified atom stereocenters. The molecule has 9 rings (SSSR count). The van der Waals surface area contributed by atoms with Crippen LogP contribution < -0.4 is 33.2 Å². The van der Waals surface area contributed by atoms with Crippen molar-refractivity contribution in [2.75, 3.05) is 17.2 Å². The molecule has 0 bridgehead atoms. The second-order valence-electron chi connectivity index (χ2n) is 12.4. The highest BCUT2D eigenvalue weighted by molar-refractivity contribution is 6.04. The van der Waals surface area contributed by atoms with Crippen LogP contribution in [0.25, 0.3) is 0 Å². The zero-order chi connectivity index (χ0) is 60.3. The summed E-state index contributed by atoms with van der Waals surface area (Å²) >= 11 is 0. The van der Waals surface area contributed by atoms with Gasteiger partial charge >= 0.3 is 0 Å². The van der Waals surface area contributed by atoms with Gasteiger partial charge in [-0.1, -0.05) is 45.3 Å². The first-order valence-electron chi connectivity index (χ1n) is 27.4. The number of nitrogen functional groups attached to an aromatic ring is 3. The molecule has 58 heavy (non-hydrogen) atoms. The van der Waals surface area contributed by atoms with E-state index in [1.807, 2.05) is 5.32 Å². The monoisotopic (exact) mass is 810 g/mol. The van der Waals surface area contributed by atoms with Gasteiger partial charge in [-0.2, -0.15) is 0 Å². The average molecular weight is 810 g/mol. The van der Waals surface area contributed by atoms with Gasteiger partial charge in [0.25, 0.3) is 17.7 Å².